The van der Waals surface area contributed by atoms with Crippen LogP contribution in [0.4, 0.5) is 10.1 Å². The maximum atomic E-state index is 13.0. The fraction of sp³-hybridized carbons (Fsp3) is 0.0455. The Labute approximate surface area is 170 Å². The summed E-state index contributed by atoms with van der Waals surface area (Å²) in [6.07, 6.45) is 0. The van der Waals surface area contributed by atoms with Crippen LogP contribution < -0.4 is 5.32 Å². The third-order valence-electron chi connectivity index (χ3n) is 4.44. The molecular weight excluding hydrogens is 391 g/mol. The zero-order valence-electron chi connectivity index (χ0n) is 15.1. The molecule has 0 bridgehead atoms. The van der Waals surface area contributed by atoms with E-state index in [9.17, 15) is 18.8 Å². The molecule has 3 amide bonds. The second-order valence-electron chi connectivity index (χ2n) is 6.35. The van der Waals surface area contributed by atoms with Gasteiger partial charge in [-0.1, -0.05) is 18.2 Å². The predicted molar refractivity (Wildman–Crippen MR) is 108 cm³/mol. The number of carbonyl (C=O) groups is 3. The fourth-order valence-electron chi connectivity index (χ4n) is 2.96. The third-order valence-corrected chi connectivity index (χ3v) is 5.41. The van der Waals surface area contributed by atoms with Gasteiger partial charge in [0.1, 0.15) is 5.82 Å². The van der Waals surface area contributed by atoms with Crippen molar-refractivity contribution in [3.8, 4) is 0 Å². The Morgan fingerprint density at radius 2 is 1.55 bits per heavy atom. The first-order chi connectivity index (χ1) is 14.0. The van der Waals surface area contributed by atoms with E-state index in [4.69, 9.17) is 0 Å². The number of carbonyl (C=O) groups excluding carboxylic acids is 3. The van der Waals surface area contributed by atoms with E-state index in [1.807, 2.05) is 6.07 Å². The molecule has 1 heterocycles. The number of amides is 3. The number of halogens is 1. The molecule has 144 valence electrons. The molecule has 7 heteroatoms. The van der Waals surface area contributed by atoms with E-state index in [-0.39, 0.29) is 23.6 Å². The van der Waals surface area contributed by atoms with Gasteiger partial charge < -0.3 is 5.32 Å². The number of nitrogens with zero attached hydrogens (tertiary/aromatic N) is 1. The van der Waals surface area contributed by atoms with E-state index in [0.717, 1.165) is 4.90 Å². The second-order valence-corrected chi connectivity index (χ2v) is 7.36. The van der Waals surface area contributed by atoms with Crippen molar-refractivity contribution in [3.05, 3.63) is 95.3 Å². The zero-order chi connectivity index (χ0) is 20.4. The van der Waals surface area contributed by atoms with Gasteiger partial charge in [-0.3, -0.25) is 19.3 Å². The molecule has 1 aliphatic heterocycles. The van der Waals surface area contributed by atoms with E-state index < -0.39 is 5.82 Å². The molecule has 0 spiro atoms. The van der Waals surface area contributed by atoms with Gasteiger partial charge in [0.2, 0.25) is 0 Å². The summed E-state index contributed by atoms with van der Waals surface area (Å²) in [4.78, 5) is 39.1. The highest BCUT2D eigenvalue weighted by Crippen LogP contribution is 2.28. The molecule has 0 radical (unpaired) electrons. The van der Waals surface area contributed by atoms with Crippen LogP contribution in [-0.2, 0) is 0 Å². The normalized spacial score (nSPS) is 12.8. The maximum Gasteiger partial charge on any atom is 0.262 e. The van der Waals surface area contributed by atoms with Gasteiger partial charge in [0.15, 0.2) is 0 Å². The van der Waals surface area contributed by atoms with Gasteiger partial charge in [-0.2, -0.15) is 0 Å². The average Bonchev–Trinajstić information content (AvgIpc) is 2.97. The number of nitrogens with one attached hydrogen (secondary N) is 1. The number of hydrogen-bond donors (Lipinski definition) is 1. The van der Waals surface area contributed by atoms with Gasteiger partial charge in [0, 0.05) is 16.1 Å². The Morgan fingerprint density at radius 1 is 0.897 bits per heavy atom. The van der Waals surface area contributed by atoms with Gasteiger partial charge in [-0.15, -0.1) is 11.8 Å². The van der Waals surface area contributed by atoms with Crippen LogP contribution in [-0.4, -0.2) is 28.5 Å². The van der Waals surface area contributed by atoms with Crippen molar-refractivity contribution in [2.45, 2.75) is 4.90 Å². The lowest BCUT2D eigenvalue weighted by Gasteiger charge is -2.13. The number of benzene rings is 3. The number of imide groups is 1. The standard InChI is InChI=1S/C22H15FN2O3S/c23-15-10-8-14(9-11-15)20(26)24-16-4-3-5-17(12-16)29-13-25-21(27)18-6-1-2-7-19(18)22(25)28/h1-12H,13H2,(H,24,26). The number of anilines is 1. The minimum Gasteiger partial charge on any atom is -0.322 e. The lowest BCUT2D eigenvalue weighted by molar-refractivity contribution is 0.0683. The summed E-state index contributed by atoms with van der Waals surface area (Å²) in [5.74, 6) is -1.21. The summed E-state index contributed by atoms with van der Waals surface area (Å²) >= 11 is 1.32. The van der Waals surface area contributed by atoms with Crippen molar-refractivity contribution in [2.24, 2.45) is 0 Å². The Morgan fingerprint density at radius 3 is 2.21 bits per heavy atom. The van der Waals surface area contributed by atoms with E-state index in [2.05, 4.69) is 5.32 Å². The Balaban J connectivity index is 1.42. The summed E-state index contributed by atoms with van der Waals surface area (Å²) in [5, 5.41) is 2.76. The molecule has 1 N–H and O–H groups in total. The highest BCUT2D eigenvalue weighted by Gasteiger charge is 2.34. The van der Waals surface area contributed by atoms with Crippen LogP contribution in [0.1, 0.15) is 31.1 Å². The summed E-state index contributed by atoms with van der Waals surface area (Å²) in [5.41, 5.74) is 1.74. The molecule has 0 unspecified atom stereocenters. The molecule has 0 atom stereocenters. The predicted octanol–water partition coefficient (Wildman–Crippen LogP) is 4.42. The van der Waals surface area contributed by atoms with Gasteiger partial charge in [0.05, 0.1) is 17.0 Å². The van der Waals surface area contributed by atoms with Crippen molar-refractivity contribution in [2.75, 3.05) is 11.2 Å². The highest BCUT2D eigenvalue weighted by molar-refractivity contribution is 7.99. The van der Waals surface area contributed by atoms with Crippen molar-refractivity contribution < 1.29 is 18.8 Å². The Kier molecular flexibility index (Phi) is 5.14. The second kappa shape index (κ2) is 7.89. The fourth-order valence-corrected chi connectivity index (χ4v) is 3.86. The minimum atomic E-state index is -0.409. The number of hydrogen-bond acceptors (Lipinski definition) is 4. The SMILES string of the molecule is O=C(Nc1cccc(SCN2C(=O)c3ccccc3C2=O)c1)c1ccc(F)cc1. The highest BCUT2D eigenvalue weighted by atomic mass is 32.2. The molecule has 0 aromatic heterocycles. The molecule has 0 fully saturated rings. The number of rotatable bonds is 5. The van der Waals surface area contributed by atoms with Crippen molar-refractivity contribution in [1.82, 2.24) is 4.90 Å². The van der Waals surface area contributed by atoms with E-state index in [1.54, 1.807) is 42.5 Å². The van der Waals surface area contributed by atoms with Crippen LogP contribution in [0.5, 0.6) is 0 Å². The maximum absolute atomic E-state index is 13.0. The summed E-state index contributed by atoms with van der Waals surface area (Å²) in [7, 11) is 0. The lowest BCUT2D eigenvalue weighted by atomic mass is 10.1. The molecule has 3 aromatic rings. The first kappa shape index (κ1) is 18.9. The van der Waals surface area contributed by atoms with E-state index in [0.29, 0.717) is 22.4 Å². The Bertz CT molecular complexity index is 1080. The summed E-state index contributed by atoms with van der Waals surface area (Å²) in [6, 6.07) is 19.1. The summed E-state index contributed by atoms with van der Waals surface area (Å²) in [6.45, 7) is 0. The molecule has 0 saturated carbocycles. The summed E-state index contributed by atoms with van der Waals surface area (Å²) < 4.78 is 13.0. The molecular formula is C22H15FN2O3S. The van der Waals surface area contributed by atoms with Gasteiger partial charge in [-0.25, -0.2) is 4.39 Å². The average molecular weight is 406 g/mol. The largest absolute Gasteiger partial charge is 0.322 e. The topological polar surface area (TPSA) is 66.5 Å². The van der Waals surface area contributed by atoms with Crippen molar-refractivity contribution >= 4 is 35.2 Å². The van der Waals surface area contributed by atoms with Crippen LogP contribution in [0.25, 0.3) is 0 Å². The molecule has 1 aliphatic rings. The van der Waals surface area contributed by atoms with Crippen LogP contribution >= 0.6 is 11.8 Å². The number of fused-ring (bicyclic) bond motifs is 1. The van der Waals surface area contributed by atoms with E-state index >= 15 is 0 Å². The van der Waals surface area contributed by atoms with Crippen molar-refractivity contribution in [3.63, 3.8) is 0 Å². The first-order valence-electron chi connectivity index (χ1n) is 8.78. The molecule has 0 saturated heterocycles. The van der Waals surface area contributed by atoms with Gasteiger partial charge in [-0.05, 0) is 54.6 Å². The smallest absolute Gasteiger partial charge is 0.262 e. The molecule has 5 nitrogen and oxygen atoms in total. The van der Waals surface area contributed by atoms with Crippen LogP contribution in [0.15, 0.2) is 77.7 Å². The van der Waals surface area contributed by atoms with Crippen LogP contribution in [0.3, 0.4) is 0 Å². The van der Waals surface area contributed by atoms with Crippen LogP contribution in [0.2, 0.25) is 0 Å². The number of thioether (sulfide) groups is 1. The molecule has 29 heavy (non-hydrogen) atoms. The van der Waals surface area contributed by atoms with Gasteiger partial charge >= 0.3 is 0 Å². The minimum absolute atomic E-state index is 0.168. The zero-order valence-corrected chi connectivity index (χ0v) is 15.9. The molecule has 3 aromatic carbocycles. The quantitative estimate of drug-likeness (QED) is 0.503. The first-order valence-corrected chi connectivity index (χ1v) is 9.76. The van der Waals surface area contributed by atoms with Crippen LogP contribution in [0, 0.1) is 5.82 Å². The molecule has 4 rings (SSSR count). The third kappa shape index (κ3) is 3.90. The van der Waals surface area contributed by atoms with Gasteiger partial charge in [0.25, 0.3) is 17.7 Å². The van der Waals surface area contributed by atoms with Crippen molar-refractivity contribution in [1.29, 1.82) is 0 Å². The van der Waals surface area contributed by atoms with E-state index in [1.165, 1.54) is 40.9 Å². The Hall–Kier alpha value is -3.45. The monoisotopic (exact) mass is 406 g/mol. The lowest BCUT2D eigenvalue weighted by Crippen LogP contribution is -2.29. The molecule has 0 aliphatic carbocycles.